The van der Waals surface area contributed by atoms with E-state index in [1.165, 1.54) is 11.1 Å². The topological polar surface area (TPSA) is 30.7 Å². The van der Waals surface area contributed by atoms with Crippen LogP contribution in [-0.4, -0.2) is 15.0 Å². The van der Waals surface area contributed by atoms with Crippen LogP contribution in [0, 0.1) is 6.92 Å². The summed E-state index contributed by atoms with van der Waals surface area (Å²) in [4.78, 5) is 1.83. The molecule has 0 amide bonds. The molecule has 1 aliphatic rings. The van der Waals surface area contributed by atoms with Gasteiger partial charge in [-0.15, -0.1) is 0 Å². The fourth-order valence-electron chi connectivity index (χ4n) is 1.80. The van der Waals surface area contributed by atoms with E-state index in [0.29, 0.717) is 0 Å². The molecule has 1 atom stereocenters. The second-order valence-corrected chi connectivity index (χ2v) is 4.84. The zero-order valence-electron chi connectivity index (χ0n) is 9.87. The van der Waals surface area contributed by atoms with Crippen molar-refractivity contribution in [3.05, 3.63) is 34.7 Å². The lowest BCUT2D eigenvalue weighted by Crippen LogP contribution is -2.13. The third-order valence-corrected chi connectivity index (χ3v) is 3.60. The van der Waals surface area contributed by atoms with E-state index in [0.717, 1.165) is 23.1 Å². The number of aromatic nitrogens is 3. The van der Waals surface area contributed by atoms with Crippen LogP contribution in [-0.2, 0) is 5.33 Å². The van der Waals surface area contributed by atoms with Crippen LogP contribution in [0.2, 0.25) is 0 Å². The summed E-state index contributed by atoms with van der Waals surface area (Å²) >= 11 is 3.42. The first-order valence-electron chi connectivity index (χ1n) is 5.44. The standard InChI is InChI=1S/C12H16BrN3/c1-8-4-5-11(6-9(8)2)16-14-10(3)12(7-13)15-16/h4-5,11H,6-7H2,1-3H3. The molecule has 0 bridgehead atoms. The van der Waals surface area contributed by atoms with Gasteiger partial charge in [-0.3, -0.25) is 0 Å². The highest BCUT2D eigenvalue weighted by Crippen LogP contribution is 2.26. The monoisotopic (exact) mass is 281 g/mol. The highest BCUT2D eigenvalue weighted by atomic mass is 79.9. The van der Waals surface area contributed by atoms with Gasteiger partial charge in [0.25, 0.3) is 0 Å². The highest BCUT2D eigenvalue weighted by Gasteiger charge is 2.16. The molecule has 1 unspecified atom stereocenters. The number of rotatable bonds is 2. The van der Waals surface area contributed by atoms with Crippen LogP contribution < -0.4 is 0 Å². The third kappa shape index (κ3) is 2.12. The highest BCUT2D eigenvalue weighted by molar-refractivity contribution is 9.08. The molecule has 1 aliphatic carbocycles. The van der Waals surface area contributed by atoms with Crippen LogP contribution in [0.15, 0.2) is 23.3 Å². The lowest BCUT2D eigenvalue weighted by Gasteiger charge is -2.18. The predicted octanol–water partition coefficient (Wildman–Crippen LogP) is 3.32. The van der Waals surface area contributed by atoms with Crippen molar-refractivity contribution in [3.63, 3.8) is 0 Å². The fraction of sp³-hybridized carbons (Fsp3) is 0.500. The average molecular weight is 282 g/mol. The molecular formula is C12H16BrN3. The number of hydrogen-bond acceptors (Lipinski definition) is 2. The molecule has 1 aromatic rings. The summed E-state index contributed by atoms with van der Waals surface area (Å²) in [5.74, 6) is 0. The predicted molar refractivity (Wildman–Crippen MR) is 68.6 cm³/mol. The maximum Gasteiger partial charge on any atom is 0.0961 e. The molecule has 0 spiro atoms. The van der Waals surface area contributed by atoms with Gasteiger partial charge >= 0.3 is 0 Å². The molecule has 1 aromatic heterocycles. The molecule has 16 heavy (non-hydrogen) atoms. The van der Waals surface area contributed by atoms with Gasteiger partial charge in [0.15, 0.2) is 0 Å². The molecule has 0 aromatic carbocycles. The van der Waals surface area contributed by atoms with Crippen LogP contribution in [0.25, 0.3) is 0 Å². The first kappa shape index (κ1) is 11.6. The first-order chi connectivity index (χ1) is 7.61. The molecular weight excluding hydrogens is 266 g/mol. The van der Waals surface area contributed by atoms with Gasteiger partial charge in [0, 0.05) is 5.33 Å². The van der Waals surface area contributed by atoms with E-state index in [9.17, 15) is 0 Å². The molecule has 0 N–H and O–H groups in total. The van der Waals surface area contributed by atoms with Crippen LogP contribution in [0.3, 0.4) is 0 Å². The normalized spacial score (nSPS) is 20.6. The summed E-state index contributed by atoms with van der Waals surface area (Å²) < 4.78 is 0. The second-order valence-electron chi connectivity index (χ2n) is 4.28. The van der Waals surface area contributed by atoms with Gasteiger partial charge in [-0.05, 0) is 27.2 Å². The number of hydrogen-bond donors (Lipinski definition) is 0. The Hall–Kier alpha value is -0.900. The van der Waals surface area contributed by atoms with Crippen molar-refractivity contribution in [1.29, 1.82) is 0 Å². The maximum absolute atomic E-state index is 4.50. The molecule has 0 saturated heterocycles. The van der Waals surface area contributed by atoms with E-state index in [1.54, 1.807) is 0 Å². The lowest BCUT2D eigenvalue weighted by molar-refractivity contribution is 0.461. The SMILES string of the molecule is CC1=C(C)CC(n2nc(C)c(CBr)n2)C=C1. The molecule has 1 heterocycles. The number of aryl methyl sites for hydroxylation is 1. The maximum atomic E-state index is 4.50. The number of alkyl halides is 1. The Labute approximate surface area is 104 Å². The number of allylic oxidation sites excluding steroid dienone is 4. The van der Waals surface area contributed by atoms with E-state index in [2.05, 4.69) is 52.1 Å². The van der Waals surface area contributed by atoms with E-state index >= 15 is 0 Å². The van der Waals surface area contributed by atoms with Gasteiger partial charge in [0.1, 0.15) is 0 Å². The average Bonchev–Trinajstić information content (AvgIpc) is 2.64. The van der Waals surface area contributed by atoms with Crippen molar-refractivity contribution < 1.29 is 0 Å². The molecule has 0 aliphatic heterocycles. The zero-order valence-corrected chi connectivity index (χ0v) is 11.5. The van der Waals surface area contributed by atoms with Crippen molar-refractivity contribution in [2.45, 2.75) is 38.6 Å². The van der Waals surface area contributed by atoms with Gasteiger partial charge in [-0.1, -0.05) is 39.2 Å². The summed E-state index contributed by atoms with van der Waals surface area (Å²) in [5, 5.41) is 9.73. The van der Waals surface area contributed by atoms with Gasteiger partial charge in [-0.2, -0.15) is 15.0 Å². The molecule has 0 radical (unpaired) electrons. The first-order valence-corrected chi connectivity index (χ1v) is 6.56. The van der Waals surface area contributed by atoms with E-state index < -0.39 is 0 Å². The number of nitrogens with zero attached hydrogens (tertiary/aromatic N) is 3. The van der Waals surface area contributed by atoms with Crippen molar-refractivity contribution in [2.75, 3.05) is 0 Å². The molecule has 4 heteroatoms. The Morgan fingerprint density at radius 3 is 2.69 bits per heavy atom. The van der Waals surface area contributed by atoms with E-state index in [-0.39, 0.29) is 6.04 Å². The fourth-order valence-corrected chi connectivity index (χ4v) is 2.32. The Kier molecular flexibility index (Phi) is 3.28. The summed E-state index contributed by atoms with van der Waals surface area (Å²) in [5.41, 5.74) is 4.82. The van der Waals surface area contributed by atoms with E-state index in [4.69, 9.17) is 0 Å². The Balaban J connectivity index is 2.24. The molecule has 0 saturated carbocycles. The minimum Gasteiger partial charge on any atom is -0.177 e. The minimum absolute atomic E-state index is 0.273. The summed E-state index contributed by atoms with van der Waals surface area (Å²) in [6.07, 6.45) is 5.36. The van der Waals surface area contributed by atoms with Crippen LogP contribution in [0.1, 0.15) is 37.7 Å². The zero-order chi connectivity index (χ0) is 11.7. The van der Waals surface area contributed by atoms with Crippen LogP contribution in [0.5, 0.6) is 0 Å². The minimum atomic E-state index is 0.273. The smallest absolute Gasteiger partial charge is 0.0961 e. The van der Waals surface area contributed by atoms with Crippen molar-refractivity contribution in [2.24, 2.45) is 0 Å². The van der Waals surface area contributed by atoms with Gasteiger partial charge in [-0.25, -0.2) is 0 Å². The molecule has 0 fully saturated rings. The Bertz CT molecular complexity index is 457. The lowest BCUT2D eigenvalue weighted by atomic mass is 9.97. The summed E-state index contributed by atoms with van der Waals surface area (Å²) in [7, 11) is 0. The molecule has 3 nitrogen and oxygen atoms in total. The van der Waals surface area contributed by atoms with Gasteiger partial charge < -0.3 is 0 Å². The number of halogens is 1. The summed E-state index contributed by atoms with van der Waals surface area (Å²) in [6, 6.07) is 0.273. The van der Waals surface area contributed by atoms with Crippen LogP contribution >= 0.6 is 15.9 Å². The van der Waals surface area contributed by atoms with Crippen molar-refractivity contribution in [1.82, 2.24) is 15.0 Å². The molecule has 86 valence electrons. The Morgan fingerprint density at radius 1 is 1.38 bits per heavy atom. The molecule has 2 rings (SSSR count). The summed E-state index contributed by atoms with van der Waals surface area (Å²) in [6.45, 7) is 6.32. The van der Waals surface area contributed by atoms with Gasteiger partial charge in [0.2, 0.25) is 0 Å². The van der Waals surface area contributed by atoms with Crippen molar-refractivity contribution >= 4 is 15.9 Å². The quantitative estimate of drug-likeness (QED) is 0.779. The van der Waals surface area contributed by atoms with Crippen LogP contribution in [0.4, 0.5) is 0 Å². The Morgan fingerprint density at radius 2 is 2.12 bits per heavy atom. The largest absolute Gasteiger partial charge is 0.177 e. The second kappa shape index (κ2) is 4.53. The van der Waals surface area contributed by atoms with Crippen molar-refractivity contribution in [3.8, 4) is 0 Å². The van der Waals surface area contributed by atoms with E-state index in [1.807, 2.05) is 11.7 Å². The third-order valence-electron chi connectivity index (χ3n) is 3.07. The van der Waals surface area contributed by atoms with Gasteiger partial charge in [0.05, 0.1) is 17.4 Å².